The van der Waals surface area contributed by atoms with Crippen LogP contribution in [0.2, 0.25) is 0 Å². The maximum Gasteiger partial charge on any atom is 0.223 e. The zero-order chi connectivity index (χ0) is 12.3. The molecule has 0 atom stereocenters. The molecule has 2 rings (SSSR count). The Morgan fingerprint density at radius 3 is 2.53 bits per heavy atom. The topological polar surface area (TPSA) is 37.8 Å². The number of nitrogens with one attached hydrogen (secondary N) is 1. The van der Waals surface area contributed by atoms with Crippen LogP contribution in [0, 0.1) is 12.7 Å². The van der Waals surface area contributed by atoms with Gasteiger partial charge < -0.3 is 5.32 Å². The van der Waals surface area contributed by atoms with Crippen LogP contribution in [0.25, 0.3) is 11.3 Å². The van der Waals surface area contributed by atoms with Crippen molar-refractivity contribution in [3.05, 3.63) is 41.8 Å². The lowest BCUT2D eigenvalue weighted by Gasteiger charge is -2.06. The third kappa shape index (κ3) is 2.78. The van der Waals surface area contributed by atoms with Crippen molar-refractivity contribution in [2.45, 2.75) is 13.8 Å². The number of anilines is 1. The summed E-state index contributed by atoms with van der Waals surface area (Å²) in [4.78, 5) is 8.65. The fourth-order valence-electron chi connectivity index (χ4n) is 1.57. The van der Waals surface area contributed by atoms with E-state index in [1.807, 2.05) is 19.9 Å². The highest BCUT2D eigenvalue weighted by Crippen LogP contribution is 2.19. The molecule has 0 bridgehead atoms. The summed E-state index contributed by atoms with van der Waals surface area (Å²) in [6.07, 6.45) is 0. The van der Waals surface area contributed by atoms with Gasteiger partial charge in [-0.2, -0.15) is 0 Å². The van der Waals surface area contributed by atoms with Crippen molar-refractivity contribution < 1.29 is 4.39 Å². The third-order valence-corrected chi connectivity index (χ3v) is 2.33. The standard InChI is InChI=1S/C13H14FN3/c1-3-15-13-16-9(2)8-12(17-13)10-4-6-11(14)7-5-10/h4-8H,3H2,1-2H3,(H,15,16,17). The lowest BCUT2D eigenvalue weighted by atomic mass is 10.1. The molecule has 0 unspecified atom stereocenters. The highest BCUT2D eigenvalue weighted by Gasteiger charge is 2.04. The van der Waals surface area contributed by atoms with E-state index in [9.17, 15) is 4.39 Å². The van der Waals surface area contributed by atoms with Crippen LogP contribution in [0.3, 0.4) is 0 Å². The van der Waals surface area contributed by atoms with E-state index in [-0.39, 0.29) is 5.82 Å². The number of halogens is 1. The van der Waals surface area contributed by atoms with Crippen molar-refractivity contribution in [1.29, 1.82) is 0 Å². The number of rotatable bonds is 3. The maximum atomic E-state index is 12.8. The van der Waals surface area contributed by atoms with Crippen LogP contribution in [0.15, 0.2) is 30.3 Å². The molecule has 0 aliphatic heterocycles. The molecule has 1 heterocycles. The van der Waals surface area contributed by atoms with Gasteiger partial charge in [0.1, 0.15) is 5.82 Å². The van der Waals surface area contributed by atoms with E-state index in [2.05, 4.69) is 15.3 Å². The zero-order valence-electron chi connectivity index (χ0n) is 9.87. The van der Waals surface area contributed by atoms with Crippen LogP contribution < -0.4 is 5.32 Å². The summed E-state index contributed by atoms with van der Waals surface area (Å²) < 4.78 is 12.8. The largest absolute Gasteiger partial charge is 0.354 e. The van der Waals surface area contributed by atoms with Gasteiger partial charge in [0, 0.05) is 17.8 Å². The number of aryl methyl sites for hydroxylation is 1. The van der Waals surface area contributed by atoms with Crippen molar-refractivity contribution in [1.82, 2.24) is 9.97 Å². The van der Waals surface area contributed by atoms with Gasteiger partial charge in [0.2, 0.25) is 5.95 Å². The summed E-state index contributed by atoms with van der Waals surface area (Å²) >= 11 is 0. The predicted molar refractivity (Wildman–Crippen MR) is 66.3 cm³/mol. The van der Waals surface area contributed by atoms with Crippen LogP contribution >= 0.6 is 0 Å². The maximum absolute atomic E-state index is 12.8. The summed E-state index contributed by atoms with van der Waals surface area (Å²) in [5.41, 5.74) is 2.57. The van der Waals surface area contributed by atoms with Gasteiger partial charge >= 0.3 is 0 Å². The molecule has 0 saturated heterocycles. The summed E-state index contributed by atoms with van der Waals surface area (Å²) in [5.74, 6) is 0.359. The SMILES string of the molecule is CCNc1nc(C)cc(-c2ccc(F)cc2)n1. The van der Waals surface area contributed by atoms with Gasteiger partial charge in [-0.3, -0.25) is 0 Å². The van der Waals surface area contributed by atoms with E-state index in [1.165, 1.54) is 12.1 Å². The fourth-order valence-corrected chi connectivity index (χ4v) is 1.57. The lowest BCUT2D eigenvalue weighted by Crippen LogP contribution is -2.03. The molecule has 1 N–H and O–H groups in total. The first-order valence-corrected chi connectivity index (χ1v) is 5.54. The van der Waals surface area contributed by atoms with Crippen LogP contribution in [-0.2, 0) is 0 Å². The van der Waals surface area contributed by atoms with Crippen molar-refractivity contribution in [3.63, 3.8) is 0 Å². The summed E-state index contributed by atoms with van der Waals surface area (Å²) in [5, 5.41) is 3.07. The molecule has 0 radical (unpaired) electrons. The molecule has 3 nitrogen and oxygen atoms in total. The summed E-state index contributed by atoms with van der Waals surface area (Å²) in [7, 11) is 0. The van der Waals surface area contributed by atoms with Crippen LogP contribution in [0.4, 0.5) is 10.3 Å². The van der Waals surface area contributed by atoms with E-state index < -0.39 is 0 Å². The first kappa shape index (κ1) is 11.5. The monoisotopic (exact) mass is 231 g/mol. The fraction of sp³-hybridized carbons (Fsp3) is 0.231. The first-order chi connectivity index (χ1) is 8.19. The molecule has 4 heteroatoms. The van der Waals surface area contributed by atoms with Crippen molar-refractivity contribution in [2.75, 3.05) is 11.9 Å². The highest BCUT2D eigenvalue weighted by atomic mass is 19.1. The second-order valence-electron chi connectivity index (χ2n) is 3.76. The molecule has 1 aromatic carbocycles. The lowest BCUT2D eigenvalue weighted by molar-refractivity contribution is 0.628. The van der Waals surface area contributed by atoms with E-state index >= 15 is 0 Å². The number of aromatic nitrogens is 2. The smallest absolute Gasteiger partial charge is 0.223 e. The number of hydrogen-bond acceptors (Lipinski definition) is 3. The quantitative estimate of drug-likeness (QED) is 0.882. The van der Waals surface area contributed by atoms with Gasteiger partial charge in [-0.15, -0.1) is 0 Å². The molecule has 88 valence electrons. The van der Waals surface area contributed by atoms with Crippen LogP contribution in [-0.4, -0.2) is 16.5 Å². The Morgan fingerprint density at radius 2 is 1.88 bits per heavy atom. The normalized spacial score (nSPS) is 10.3. The molecular formula is C13H14FN3. The Balaban J connectivity index is 2.40. The minimum atomic E-state index is -0.244. The van der Waals surface area contributed by atoms with Gasteiger partial charge in [0.25, 0.3) is 0 Å². The van der Waals surface area contributed by atoms with E-state index in [4.69, 9.17) is 0 Å². The van der Waals surface area contributed by atoms with Crippen molar-refractivity contribution in [3.8, 4) is 11.3 Å². The van der Waals surface area contributed by atoms with Crippen LogP contribution in [0.1, 0.15) is 12.6 Å². The average Bonchev–Trinajstić information content (AvgIpc) is 2.29. The Morgan fingerprint density at radius 1 is 1.18 bits per heavy atom. The molecule has 0 saturated carbocycles. The van der Waals surface area contributed by atoms with Gasteiger partial charge in [0.15, 0.2) is 0 Å². The molecule has 0 amide bonds. The summed E-state index contributed by atoms with van der Waals surface area (Å²) in [6, 6.07) is 8.17. The average molecular weight is 231 g/mol. The minimum Gasteiger partial charge on any atom is -0.354 e. The Bertz CT molecular complexity index is 509. The Labute approximate surface area is 99.7 Å². The van der Waals surface area contributed by atoms with E-state index in [0.29, 0.717) is 5.95 Å². The second kappa shape index (κ2) is 4.91. The highest BCUT2D eigenvalue weighted by molar-refractivity contribution is 5.60. The molecule has 0 fully saturated rings. The Hall–Kier alpha value is -1.97. The molecule has 17 heavy (non-hydrogen) atoms. The first-order valence-electron chi connectivity index (χ1n) is 5.54. The van der Waals surface area contributed by atoms with Gasteiger partial charge in [-0.25, -0.2) is 14.4 Å². The second-order valence-corrected chi connectivity index (χ2v) is 3.76. The van der Waals surface area contributed by atoms with Gasteiger partial charge in [-0.1, -0.05) is 0 Å². The molecular weight excluding hydrogens is 217 g/mol. The molecule has 2 aromatic rings. The minimum absolute atomic E-state index is 0.244. The number of hydrogen-bond donors (Lipinski definition) is 1. The molecule has 0 aliphatic carbocycles. The Kier molecular flexibility index (Phi) is 3.32. The van der Waals surface area contributed by atoms with Crippen molar-refractivity contribution >= 4 is 5.95 Å². The molecule has 0 spiro atoms. The van der Waals surface area contributed by atoms with Crippen LogP contribution in [0.5, 0.6) is 0 Å². The number of benzene rings is 1. The third-order valence-electron chi connectivity index (χ3n) is 2.33. The summed E-state index contributed by atoms with van der Waals surface area (Å²) in [6.45, 7) is 4.67. The molecule has 1 aromatic heterocycles. The van der Waals surface area contributed by atoms with E-state index in [0.717, 1.165) is 23.5 Å². The van der Waals surface area contributed by atoms with E-state index in [1.54, 1.807) is 12.1 Å². The van der Waals surface area contributed by atoms with Gasteiger partial charge in [-0.05, 0) is 44.2 Å². The van der Waals surface area contributed by atoms with Gasteiger partial charge in [0.05, 0.1) is 5.69 Å². The zero-order valence-corrected chi connectivity index (χ0v) is 9.87. The molecule has 0 aliphatic rings. The van der Waals surface area contributed by atoms with Crippen molar-refractivity contribution in [2.24, 2.45) is 0 Å². The predicted octanol–water partition coefficient (Wildman–Crippen LogP) is 3.02. The number of nitrogens with zero attached hydrogens (tertiary/aromatic N) is 2.